The molecule has 45 heavy (non-hydrogen) atoms. The summed E-state index contributed by atoms with van der Waals surface area (Å²) in [5, 5.41) is 13.6. The Kier molecular flexibility index (Phi) is 28.5. The van der Waals surface area contributed by atoms with Crippen molar-refractivity contribution in [2.75, 3.05) is 40.9 Å². The van der Waals surface area contributed by atoms with Crippen LogP contribution < -0.4 is 5.32 Å². The van der Waals surface area contributed by atoms with E-state index in [9.17, 15) is 19.4 Å². The van der Waals surface area contributed by atoms with Crippen molar-refractivity contribution in [3.8, 4) is 0 Å². The van der Waals surface area contributed by atoms with Crippen molar-refractivity contribution in [1.29, 1.82) is 0 Å². The normalized spacial score (nSPS) is 15.1. The summed E-state index contributed by atoms with van der Waals surface area (Å²) in [4.78, 5) is 22.8. The second-order valence-electron chi connectivity index (χ2n) is 13.6. The molecule has 0 aliphatic carbocycles. The molecule has 3 atom stereocenters. The minimum Gasteiger partial charge on any atom is -0.387 e. The van der Waals surface area contributed by atoms with Gasteiger partial charge in [-0.1, -0.05) is 134 Å². The van der Waals surface area contributed by atoms with E-state index in [1.54, 1.807) is 6.08 Å². The van der Waals surface area contributed by atoms with Gasteiger partial charge in [-0.05, 0) is 32.1 Å². The van der Waals surface area contributed by atoms with E-state index in [2.05, 4.69) is 31.3 Å². The number of quaternary nitrogens is 1. The zero-order valence-corrected chi connectivity index (χ0v) is 30.8. The summed E-state index contributed by atoms with van der Waals surface area (Å²) >= 11 is 0. The van der Waals surface area contributed by atoms with E-state index >= 15 is 0 Å². The van der Waals surface area contributed by atoms with Gasteiger partial charge in [-0.3, -0.25) is 13.8 Å². The fraction of sp³-hybridized carbons (Fsp3) is 0.861. The van der Waals surface area contributed by atoms with Gasteiger partial charge in [0.25, 0.3) is 0 Å². The number of unbranched alkanes of at least 4 members (excludes halogenated alkanes) is 17. The number of hydrogen-bond donors (Lipinski definition) is 3. The Balaban J connectivity index is 4.55. The van der Waals surface area contributed by atoms with E-state index in [-0.39, 0.29) is 19.1 Å². The smallest absolute Gasteiger partial charge is 0.387 e. The number of likely N-dealkylation sites (N-methyl/N-ethyl adjacent to an activating group) is 1. The van der Waals surface area contributed by atoms with E-state index < -0.39 is 20.0 Å². The van der Waals surface area contributed by atoms with Gasteiger partial charge in [0.1, 0.15) is 13.2 Å². The Bertz CT molecular complexity index is 799. The molecule has 0 aromatic rings. The van der Waals surface area contributed by atoms with E-state index in [4.69, 9.17) is 9.05 Å². The van der Waals surface area contributed by atoms with Crippen LogP contribution in [0.3, 0.4) is 0 Å². The predicted molar refractivity (Wildman–Crippen MR) is 189 cm³/mol. The van der Waals surface area contributed by atoms with Crippen molar-refractivity contribution >= 4 is 13.7 Å². The van der Waals surface area contributed by atoms with Crippen LogP contribution in [0.25, 0.3) is 0 Å². The van der Waals surface area contributed by atoms with Gasteiger partial charge in [0.15, 0.2) is 0 Å². The van der Waals surface area contributed by atoms with E-state index in [1.165, 1.54) is 89.9 Å². The molecule has 0 heterocycles. The molecule has 0 rings (SSSR count). The molecule has 0 spiro atoms. The zero-order valence-electron chi connectivity index (χ0n) is 29.9. The molecule has 0 fully saturated rings. The van der Waals surface area contributed by atoms with Crippen LogP contribution in [0.5, 0.6) is 0 Å². The van der Waals surface area contributed by atoms with Gasteiger partial charge in [-0.25, -0.2) is 4.57 Å². The van der Waals surface area contributed by atoms with Crippen LogP contribution in [0.1, 0.15) is 149 Å². The minimum atomic E-state index is -4.33. The third kappa shape index (κ3) is 31.4. The first-order valence-corrected chi connectivity index (χ1v) is 19.7. The van der Waals surface area contributed by atoms with Crippen LogP contribution in [0, 0.1) is 0 Å². The number of carbonyl (C=O) groups excluding carboxylic acids is 1. The topological polar surface area (TPSA) is 105 Å². The molecule has 1 unspecified atom stereocenters. The number of nitrogens with zero attached hydrogens (tertiary/aromatic N) is 1. The number of carbonyl (C=O) groups is 1. The van der Waals surface area contributed by atoms with Crippen molar-refractivity contribution in [2.24, 2.45) is 0 Å². The lowest BCUT2D eigenvalue weighted by Gasteiger charge is -2.25. The Morgan fingerprint density at radius 2 is 1.22 bits per heavy atom. The summed E-state index contributed by atoms with van der Waals surface area (Å²) in [5.74, 6) is -0.196. The van der Waals surface area contributed by atoms with Crippen LogP contribution in [-0.4, -0.2) is 73.4 Å². The molecule has 266 valence electrons. The first-order chi connectivity index (χ1) is 21.5. The number of allylic oxidation sites excluding steroid dienone is 3. The fourth-order valence-corrected chi connectivity index (χ4v) is 5.67. The molecule has 8 nitrogen and oxygen atoms in total. The van der Waals surface area contributed by atoms with Gasteiger partial charge >= 0.3 is 7.82 Å². The number of aliphatic hydroxyl groups excluding tert-OH is 1. The summed E-state index contributed by atoms with van der Waals surface area (Å²) in [6, 6.07) is -0.854. The first kappa shape index (κ1) is 44.0. The van der Waals surface area contributed by atoms with Gasteiger partial charge in [-0.2, -0.15) is 0 Å². The molecule has 0 bridgehead atoms. The molecule has 0 aliphatic heterocycles. The Hall–Kier alpha value is -1.02. The average molecular weight is 660 g/mol. The third-order valence-corrected chi connectivity index (χ3v) is 8.91. The van der Waals surface area contributed by atoms with E-state index in [0.717, 1.165) is 38.5 Å². The monoisotopic (exact) mass is 660 g/mol. The molecule has 9 heteroatoms. The van der Waals surface area contributed by atoms with Crippen LogP contribution >= 0.6 is 7.82 Å². The SMILES string of the molecule is CCCCCCCCCCCC/C=C/CC/C=C/[C@H](O)[C@@H](COP(=O)(O)OCC[N+](C)(C)C)NC(=O)CCCCCCCCC. The molecule has 3 N–H and O–H groups in total. The molecular formula is C36H72N2O6P+. The maximum atomic E-state index is 12.6. The largest absolute Gasteiger partial charge is 0.472 e. The highest BCUT2D eigenvalue weighted by Gasteiger charge is 2.27. The van der Waals surface area contributed by atoms with Gasteiger partial charge in [0.2, 0.25) is 5.91 Å². The maximum Gasteiger partial charge on any atom is 0.472 e. The van der Waals surface area contributed by atoms with Gasteiger partial charge in [0.05, 0.1) is 39.9 Å². The molecule has 0 saturated carbocycles. The van der Waals surface area contributed by atoms with Crippen molar-refractivity contribution in [2.45, 2.75) is 161 Å². The van der Waals surface area contributed by atoms with Gasteiger partial charge in [-0.15, -0.1) is 0 Å². The number of amides is 1. The van der Waals surface area contributed by atoms with Crippen LogP contribution in [0.4, 0.5) is 0 Å². The number of rotatable bonds is 32. The molecule has 0 aliphatic rings. The van der Waals surface area contributed by atoms with Crippen LogP contribution in [0.15, 0.2) is 24.3 Å². The highest BCUT2D eigenvalue weighted by molar-refractivity contribution is 7.47. The lowest BCUT2D eigenvalue weighted by Crippen LogP contribution is -2.45. The fourth-order valence-electron chi connectivity index (χ4n) is 4.94. The second kappa shape index (κ2) is 29.1. The van der Waals surface area contributed by atoms with Gasteiger partial charge in [0, 0.05) is 6.42 Å². The van der Waals surface area contributed by atoms with E-state index in [0.29, 0.717) is 17.4 Å². The van der Waals surface area contributed by atoms with Crippen molar-refractivity contribution in [3.63, 3.8) is 0 Å². The summed E-state index contributed by atoms with van der Waals surface area (Å²) in [6.07, 6.45) is 31.2. The number of hydrogen-bond acceptors (Lipinski definition) is 5. The quantitative estimate of drug-likeness (QED) is 0.0288. The Morgan fingerprint density at radius 1 is 0.733 bits per heavy atom. The van der Waals surface area contributed by atoms with Crippen molar-refractivity contribution in [3.05, 3.63) is 24.3 Å². The Labute approximate surface area is 277 Å². The molecular weight excluding hydrogens is 587 g/mol. The highest BCUT2D eigenvalue weighted by Crippen LogP contribution is 2.43. The van der Waals surface area contributed by atoms with E-state index in [1.807, 2.05) is 27.2 Å². The number of phosphoric acid groups is 1. The summed E-state index contributed by atoms with van der Waals surface area (Å²) < 4.78 is 23.3. The first-order valence-electron chi connectivity index (χ1n) is 18.2. The highest BCUT2D eigenvalue weighted by atomic mass is 31.2. The standard InChI is InChI=1S/C36H71N2O6P/c1-6-8-10-12-14-15-16-17-18-19-20-21-22-24-25-27-29-35(39)34(33-44-45(41,42)43-32-31-38(3,4)5)37-36(40)30-28-26-23-13-11-9-7-2/h21-22,27,29,34-35,39H,6-20,23-26,28,30-33H2,1-5H3,(H-,37,40,41,42)/p+1/b22-21+,29-27+/t34-,35+/m1/s1. The van der Waals surface area contributed by atoms with Crippen molar-refractivity contribution < 1.29 is 32.9 Å². The summed E-state index contributed by atoms with van der Waals surface area (Å²) in [7, 11) is 1.55. The number of phosphoric ester groups is 1. The lowest BCUT2D eigenvalue weighted by molar-refractivity contribution is -0.870. The predicted octanol–water partition coefficient (Wildman–Crippen LogP) is 9.02. The lowest BCUT2D eigenvalue weighted by atomic mass is 10.1. The molecule has 0 aromatic carbocycles. The van der Waals surface area contributed by atoms with Gasteiger partial charge < -0.3 is 19.8 Å². The molecule has 0 aromatic heterocycles. The third-order valence-electron chi connectivity index (χ3n) is 7.92. The zero-order chi connectivity index (χ0) is 33.7. The molecule has 0 saturated heterocycles. The number of aliphatic hydroxyl groups is 1. The Morgan fingerprint density at radius 3 is 1.78 bits per heavy atom. The van der Waals surface area contributed by atoms with Crippen molar-refractivity contribution in [1.82, 2.24) is 5.32 Å². The van der Waals surface area contributed by atoms with Crippen LogP contribution in [0.2, 0.25) is 0 Å². The minimum absolute atomic E-state index is 0.0573. The van der Waals surface area contributed by atoms with Crippen LogP contribution in [-0.2, 0) is 18.4 Å². The molecule has 1 amide bonds. The molecule has 0 radical (unpaired) electrons. The average Bonchev–Trinajstić information content (AvgIpc) is 2.97. The summed E-state index contributed by atoms with van der Waals surface area (Å²) in [6.45, 7) is 4.72. The maximum absolute atomic E-state index is 12.6. The summed E-state index contributed by atoms with van der Waals surface area (Å²) in [5.41, 5.74) is 0. The number of nitrogens with one attached hydrogen (secondary N) is 1. The second-order valence-corrected chi connectivity index (χ2v) is 15.0.